The third kappa shape index (κ3) is 6.47. The lowest BCUT2D eigenvalue weighted by atomic mass is 10.2. The lowest BCUT2D eigenvalue weighted by Gasteiger charge is -2.14. The highest BCUT2D eigenvalue weighted by Gasteiger charge is 2.11. The lowest BCUT2D eigenvalue weighted by Crippen LogP contribution is -2.43. The van der Waals surface area contributed by atoms with Crippen LogP contribution in [0.1, 0.15) is 12.0 Å². The first-order chi connectivity index (χ1) is 12.4. The second-order valence-electron chi connectivity index (χ2n) is 5.77. The number of rotatable bonds is 5. The van der Waals surface area contributed by atoms with Gasteiger partial charge in [-0.3, -0.25) is 14.6 Å². The summed E-state index contributed by atoms with van der Waals surface area (Å²) in [6.45, 7) is 5.29. The van der Waals surface area contributed by atoms with Crippen molar-refractivity contribution in [2.75, 3.05) is 19.6 Å². The van der Waals surface area contributed by atoms with Crippen LogP contribution in [0.5, 0.6) is 0 Å². The zero-order valence-corrected chi connectivity index (χ0v) is 15.4. The topological polar surface area (TPSA) is 126 Å². The van der Waals surface area contributed by atoms with Gasteiger partial charge in [-0.25, -0.2) is 10.8 Å². The fourth-order valence-corrected chi connectivity index (χ4v) is 2.69. The maximum absolute atomic E-state index is 10.5. The zero-order valence-electron chi connectivity index (χ0n) is 14.6. The van der Waals surface area contributed by atoms with Gasteiger partial charge < -0.3 is 9.88 Å². The number of benzene rings is 1. The molecule has 0 radical (unpaired) electrons. The van der Waals surface area contributed by atoms with Gasteiger partial charge in [-0.15, -0.1) is 0 Å². The number of imidazole rings is 1. The van der Waals surface area contributed by atoms with Gasteiger partial charge in [-0.05, 0) is 25.5 Å². The molecule has 2 heterocycles. The minimum atomic E-state index is -4.02. The summed E-state index contributed by atoms with van der Waals surface area (Å²) >= 11 is 0. The fraction of sp³-hybridized carbons (Fsp3) is 0.375. The van der Waals surface area contributed by atoms with Crippen molar-refractivity contribution in [2.24, 2.45) is 10.8 Å². The molecule has 0 saturated carbocycles. The number of nitrogens with zero attached hydrogens (tertiary/aromatic N) is 4. The summed E-state index contributed by atoms with van der Waals surface area (Å²) in [5.74, 6) is 6.49. The van der Waals surface area contributed by atoms with Crippen molar-refractivity contribution in [3.63, 3.8) is 0 Å². The van der Waals surface area contributed by atoms with Crippen LogP contribution in [-0.2, 0) is 16.7 Å². The van der Waals surface area contributed by atoms with Gasteiger partial charge in [-0.2, -0.15) is 8.42 Å². The van der Waals surface area contributed by atoms with Crippen LogP contribution < -0.4 is 11.2 Å². The van der Waals surface area contributed by atoms with Gasteiger partial charge in [0, 0.05) is 25.5 Å². The minimum Gasteiger partial charge on any atom is -0.355 e. The second kappa shape index (κ2) is 9.32. The van der Waals surface area contributed by atoms with Gasteiger partial charge in [0.25, 0.3) is 10.1 Å². The summed E-state index contributed by atoms with van der Waals surface area (Å²) in [5.41, 5.74) is 0.956. The fourth-order valence-electron chi connectivity index (χ4n) is 2.21. The van der Waals surface area contributed by atoms with E-state index in [0.29, 0.717) is 0 Å². The number of nitrogens with one attached hydrogen (secondary N) is 1. The smallest absolute Gasteiger partial charge is 0.294 e. The van der Waals surface area contributed by atoms with Crippen LogP contribution >= 0.6 is 0 Å². The molecular formula is C16H24N6O3S. The number of aromatic nitrogens is 2. The Bertz CT molecular complexity index is 803. The van der Waals surface area contributed by atoms with Crippen LogP contribution in [0.25, 0.3) is 0 Å². The molecule has 0 spiro atoms. The van der Waals surface area contributed by atoms with Gasteiger partial charge in [0.1, 0.15) is 0 Å². The molecule has 1 aliphatic heterocycles. The molecule has 0 amide bonds. The molecule has 0 fully saturated rings. The lowest BCUT2D eigenvalue weighted by molar-refractivity contribution is 0.464. The number of guanidine groups is 1. The molecule has 1 aromatic heterocycles. The maximum atomic E-state index is 10.5. The molecule has 10 heteroatoms. The van der Waals surface area contributed by atoms with Gasteiger partial charge in [0.05, 0.1) is 24.3 Å². The van der Waals surface area contributed by atoms with Crippen molar-refractivity contribution < 1.29 is 13.0 Å². The van der Waals surface area contributed by atoms with Gasteiger partial charge >= 0.3 is 0 Å². The van der Waals surface area contributed by atoms with E-state index in [1.165, 1.54) is 12.1 Å². The largest absolute Gasteiger partial charge is 0.355 e. The van der Waals surface area contributed by atoms with E-state index in [1.54, 1.807) is 23.3 Å². The predicted molar refractivity (Wildman–Crippen MR) is 99.0 cm³/mol. The Morgan fingerprint density at radius 3 is 2.58 bits per heavy atom. The summed E-state index contributed by atoms with van der Waals surface area (Å²) in [5, 5.41) is 4.86. The third-order valence-electron chi connectivity index (χ3n) is 3.63. The molecule has 0 bridgehead atoms. The highest BCUT2D eigenvalue weighted by Crippen LogP contribution is 2.08. The van der Waals surface area contributed by atoms with Crippen LogP contribution in [0.3, 0.4) is 0 Å². The van der Waals surface area contributed by atoms with Crippen LogP contribution in [0.4, 0.5) is 0 Å². The molecule has 0 aliphatic carbocycles. The average Bonchev–Trinajstić information content (AvgIpc) is 3.24. The zero-order chi connectivity index (χ0) is 19.0. The van der Waals surface area contributed by atoms with E-state index in [0.717, 1.165) is 44.1 Å². The quantitative estimate of drug-likeness (QED) is 0.395. The van der Waals surface area contributed by atoms with E-state index in [4.69, 9.17) is 10.4 Å². The third-order valence-corrected chi connectivity index (χ3v) is 4.50. The Labute approximate surface area is 153 Å². The summed E-state index contributed by atoms with van der Waals surface area (Å²) in [4.78, 5) is 8.15. The van der Waals surface area contributed by atoms with Gasteiger partial charge in [0.2, 0.25) is 5.96 Å². The Morgan fingerprint density at radius 2 is 2.04 bits per heavy atom. The summed E-state index contributed by atoms with van der Waals surface area (Å²) < 4.78 is 31.6. The van der Waals surface area contributed by atoms with E-state index >= 15 is 0 Å². The molecule has 2 aromatic rings. The molecule has 26 heavy (non-hydrogen) atoms. The molecule has 4 N–H and O–H groups in total. The highest BCUT2D eigenvalue weighted by atomic mass is 32.2. The average molecular weight is 380 g/mol. The highest BCUT2D eigenvalue weighted by molar-refractivity contribution is 7.85. The van der Waals surface area contributed by atoms with Crippen LogP contribution in [0.15, 0.2) is 52.9 Å². The van der Waals surface area contributed by atoms with Crippen molar-refractivity contribution in [1.29, 1.82) is 0 Å². The van der Waals surface area contributed by atoms with E-state index in [2.05, 4.69) is 19.9 Å². The molecule has 1 aliphatic rings. The second-order valence-corrected chi connectivity index (χ2v) is 7.19. The van der Waals surface area contributed by atoms with Crippen molar-refractivity contribution in [3.05, 3.63) is 48.5 Å². The van der Waals surface area contributed by atoms with Crippen LogP contribution in [0.2, 0.25) is 0 Å². The van der Waals surface area contributed by atoms with E-state index in [-0.39, 0.29) is 4.90 Å². The molecule has 1 aromatic carbocycles. The first-order valence-electron chi connectivity index (χ1n) is 8.17. The minimum absolute atomic E-state index is 0.0666. The van der Waals surface area contributed by atoms with E-state index in [1.807, 2.05) is 19.4 Å². The van der Waals surface area contributed by atoms with Gasteiger partial charge in [-0.1, -0.05) is 17.7 Å². The van der Waals surface area contributed by atoms with Crippen LogP contribution in [0, 0.1) is 6.92 Å². The number of aliphatic imine (C=N–C) groups is 1. The Balaban J connectivity index is 0.000000197. The number of hydrogen-bond acceptors (Lipinski definition) is 7. The molecular weight excluding hydrogens is 356 g/mol. The Kier molecular flexibility index (Phi) is 7.13. The summed E-state index contributed by atoms with van der Waals surface area (Å²) in [6.07, 6.45) is 6.60. The maximum Gasteiger partial charge on any atom is 0.294 e. The van der Waals surface area contributed by atoms with Crippen molar-refractivity contribution in [3.8, 4) is 0 Å². The molecule has 0 atom stereocenters. The van der Waals surface area contributed by atoms with Crippen molar-refractivity contribution >= 4 is 16.1 Å². The summed E-state index contributed by atoms with van der Waals surface area (Å²) in [6, 6.07) is 5.99. The Hall–Kier alpha value is -2.43. The Morgan fingerprint density at radius 1 is 1.31 bits per heavy atom. The molecule has 0 saturated heterocycles. The molecule has 9 nitrogen and oxygen atoms in total. The SMILES string of the molecule is Cc1ccc(S(=O)(=O)O)cc1.NN1CCN=C1NCCCn1ccnc1. The van der Waals surface area contributed by atoms with Gasteiger partial charge in [0.15, 0.2) is 0 Å². The first-order valence-corrected chi connectivity index (χ1v) is 9.61. The predicted octanol–water partition coefficient (Wildman–Crippen LogP) is 0.650. The van der Waals surface area contributed by atoms with Crippen LogP contribution in [-0.4, -0.2) is 53.1 Å². The van der Waals surface area contributed by atoms with E-state index in [9.17, 15) is 8.42 Å². The first kappa shape index (κ1) is 19.9. The molecule has 0 unspecified atom stereocenters. The number of nitrogens with two attached hydrogens (primary N) is 1. The molecule has 142 valence electrons. The number of aryl methyl sites for hydroxylation is 2. The number of hydrazine groups is 1. The number of hydrogen-bond donors (Lipinski definition) is 3. The van der Waals surface area contributed by atoms with Crippen molar-refractivity contribution in [1.82, 2.24) is 19.9 Å². The monoisotopic (exact) mass is 380 g/mol. The summed E-state index contributed by atoms with van der Waals surface area (Å²) in [7, 11) is -4.02. The van der Waals surface area contributed by atoms with Crippen molar-refractivity contribution in [2.45, 2.75) is 24.8 Å². The standard InChI is InChI=1S/C9H16N6.C7H8O3S/c10-15-7-4-13-9(15)12-2-1-5-14-6-3-11-8-14;1-6-2-4-7(5-3-6)11(8,9)10/h3,6,8H,1-2,4-5,7,10H2,(H,12,13);2-5H,1H3,(H,8,9,10). The van der Waals surface area contributed by atoms with E-state index < -0.39 is 10.1 Å². The molecule has 3 rings (SSSR count). The normalized spacial score (nSPS) is 13.8.